The Bertz CT molecular complexity index is 498. The molecule has 0 amide bonds. The van der Waals surface area contributed by atoms with Crippen LogP contribution in [0.15, 0.2) is 18.9 Å². The average Bonchev–Trinajstić information content (AvgIpc) is 2.88. The molecule has 6 nitrogen and oxygen atoms in total. The number of aryl methyl sites for hydroxylation is 1. The molecule has 18 heavy (non-hydrogen) atoms. The molecule has 0 bridgehead atoms. The van der Waals surface area contributed by atoms with E-state index in [1.807, 2.05) is 16.3 Å². The fourth-order valence-electron chi connectivity index (χ4n) is 1.97. The van der Waals surface area contributed by atoms with E-state index in [0.717, 1.165) is 18.1 Å². The van der Waals surface area contributed by atoms with Crippen LogP contribution < -0.4 is 5.73 Å². The second kappa shape index (κ2) is 5.30. The van der Waals surface area contributed by atoms with Gasteiger partial charge in [0.05, 0.1) is 18.1 Å². The van der Waals surface area contributed by atoms with E-state index in [2.05, 4.69) is 28.9 Å². The summed E-state index contributed by atoms with van der Waals surface area (Å²) in [6, 6.07) is -0.104. The maximum atomic E-state index is 6.19. The van der Waals surface area contributed by atoms with E-state index in [9.17, 15) is 0 Å². The third-order valence-corrected chi connectivity index (χ3v) is 2.87. The molecule has 2 rings (SSSR count). The van der Waals surface area contributed by atoms with Gasteiger partial charge in [-0.05, 0) is 5.92 Å². The van der Waals surface area contributed by atoms with E-state index in [1.54, 1.807) is 18.9 Å². The molecule has 2 heterocycles. The number of nitrogens with zero attached hydrogens (tertiary/aromatic N) is 5. The van der Waals surface area contributed by atoms with Gasteiger partial charge in [-0.15, -0.1) is 0 Å². The molecule has 6 heteroatoms. The maximum Gasteiger partial charge on any atom is 0.138 e. The maximum absolute atomic E-state index is 6.19. The van der Waals surface area contributed by atoms with E-state index >= 15 is 0 Å². The molecule has 1 unspecified atom stereocenters. The Morgan fingerprint density at radius 3 is 2.78 bits per heavy atom. The smallest absolute Gasteiger partial charge is 0.138 e. The number of rotatable bonds is 5. The van der Waals surface area contributed by atoms with Crippen molar-refractivity contribution >= 4 is 0 Å². The molecule has 0 saturated heterocycles. The predicted molar refractivity (Wildman–Crippen MR) is 68.7 cm³/mol. The second-order valence-electron chi connectivity index (χ2n) is 4.99. The van der Waals surface area contributed by atoms with E-state index in [4.69, 9.17) is 5.73 Å². The van der Waals surface area contributed by atoms with Gasteiger partial charge >= 0.3 is 0 Å². The summed E-state index contributed by atoms with van der Waals surface area (Å²) >= 11 is 0. The van der Waals surface area contributed by atoms with Crippen LogP contribution in [-0.2, 0) is 20.0 Å². The quantitative estimate of drug-likeness (QED) is 0.853. The topological polar surface area (TPSA) is 74.6 Å². The van der Waals surface area contributed by atoms with E-state index in [0.29, 0.717) is 12.3 Å². The van der Waals surface area contributed by atoms with Gasteiger partial charge in [0, 0.05) is 26.2 Å². The first-order chi connectivity index (χ1) is 8.58. The highest BCUT2D eigenvalue weighted by atomic mass is 15.3. The molecule has 0 spiro atoms. The van der Waals surface area contributed by atoms with Crippen LogP contribution in [0.5, 0.6) is 0 Å². The minimum atomic E-state index is -0.104. The molecule has 0 aliphatic carbocycles. The van der Waals surface area contributed by atoms with Crippen LogP contribution in [0.4, 0.5) is 0 Å². The largest absolute Gasteiger partial charge is 0.336 e. The molecule has 0 saturated carbocycles. The Balaban J connectivity index is 2.10. The zero-order valence-electron chi connectivity index (χ0n) is 11.1. The predicted octanol–water partition coefficient (Wildman–Crippen LogP) is 0.910. The van der Waals surface area contributed by atoms with Gasteiger partial charge in [0.25, 0.3) is 0 Å². The lowest BCUT2D eigenvalue weighted by atomic mass is 10.1. The first-order valence-electron chi connectivity index (χ1n) is 6.16. The zero-order chi connectivity index (χ0) is 13.1. The molecule has 0 radical (unpaired) electrons. The number of nitrogens with two attached hydrogens (primary N) is 1. The monoisotopic (exact) mass is 248 g/mol. The minimum absolute atomic E-state index is 0.104. The molecule has 2 aromatic rings. The van der Waals surface area contributed by atoms with Crippen molar-refractivity contribution in [3.63, 3.8) is 0 Å². The summed E-state index contributed by atoms with van der Waals surface area (Å²) in [5.41, 5.74) is 7.20. The Hall–Kier alpha value is -1.69. The van der Waals surface area contributed by atoms with Crippen LogP contribution >= 0.6 is 0 Å². The highest BCUT2D eigenvalue weighted by Crippen LogP contribution is 2.14. The molecule has 0 aliphatic heterocycles. The number of hydrogen-bond donors (Lipinski definition) is 1. The highest BCUT2D eigenvalue weighted by molar-refractivity contribution is 5.07. The summed E-state index contributed by atoms with van der Waals surface area (Å²) in [5.74, 6) is 1.47. The zero-order valence-corrected chi connectivity index (χ0v) is 11.1. The van der Waals surface area contributed by atoms with Crippen molar-refractivity contribution in [2.75, 3.05) is 0 Å². The van der Waals surface area contributed by atoms with Crippen molar-refractivity contribution in [3.05, 3.63) is 30.4 Å². The van der Waals surface area contributed by atoms with Crippen LogP contribution in [0.3, 0.4) is 0 Å². The van der Waals surface area contributed by atoms with Gasteiger partial charge < -0.3 is 10.3 Å². The van der Waals surface area contributed by atoms with Crippen LogP contribution in [0.1, 0.15) is 31.4 Å². The first kappa shape index (κ1) is 12.8. The van der Waals surface area contributed by atoms with Crippen molar-refractivity contribution in [2.45, 2.75) is 32.9 Å². The summed E-state index contributed by atoms with van der Waals surface area (Å²) in [7, 11) is 1.95. The molecular formula is C12H20N6. The fraction of sp³-hybridized carbons (Fsp3) is 0.583. The van der Waals surface area contributed by atoms with Gasteiger partial charge in [0.1, 0.15) is 12.2 Å². The van der Waals surface area contributed by atoms with Crippen molar-refractivity contribution < 1.29 is 0 Å². The molecular weight excluding hydrogens is 228 g/mol. The third-order valence-electron chi connectivity index (χ3n) is 2.87. The van der Waals surface area contributed by atoms with Gasteiger partial charge in [-0.3, -0.25) is 0 Å². The van der Waals surface area contributed by atoms with Gasteiger partial charge in [-0.2, -0.15) is 5.10 Å². The van der Waals surface area contributed by atoms with Gasteiger partial charge in [0.15, 0.2) is 0 Å². The first-order valence-corrected chi connectivity index (χ1v) is 6.16. The molecule has 1 atom stereocenters. The van der Waals surface area contributed by atoms with Gasteiger partial charge in [-0.25, -0.2) is 14.6 Å². The summed E-state index contributed by atoms with van der Waals surface area (Å²) in [6.45, 7) is 5.19. The van der Waals surface area contributed by atoms with Crippen molar-refractivity contribution in [2.24, 2.45) is 18.7 Å². The van der Waals surface area contributed by atoms with E-state index in [1.165, 1.54) is 0 Å². The van der Waals surface area contributed by atoms with Crippen LogP contribution in [0.25, 0.3) is 0 Å². The van der Waals surface area contributed by atoms with Crippen molar-refractivity contribution in [3.8, 4) is 0 Å². The normalized spacial score (nSPS) is 13.2. The molecule has 0 aliphatic rings. The summed E-state index contributed by atoms with van der Waals surface area (Å²) in [6.07, 6.45) is 5.82. The Morgan fingerprint density at radius 1 is 1.39 bits per heavy atom. The Labute approximate surface area is 107 Å². The molecule has 98 valence electrons. The summed E-state index contributed by atoms with van der Waals surface area (Å²) in [4.78, 5) is 8.37. The molecule has 0 fully saturated rings. The lowest BCUT2D eigenvalue weighted by molar-refractivity contribution is 0.457. The third kappa shape index (κ3) is 2.76. The molecule has 2 aromatic heterocycles. The summed E-state index contributed by atoms with van der Waals surface area (Å²) < 4.78 is 3.87. The molecule has 0 aromatic carbocycles. The van der Waals surface area contributed by atoms with Gasteiger partial charge in [0.2, 0.25) is 0 Å². The van der Waals surface area contributed by atoms with Crippen LogP contribution in [-0.4, -0.2) is 24.3 Å². The standard InChI is InChI=1S/C12H20N6/c1-9(2)6-18-12(15-7-16-18)4-10(13)11-5-14-8-17(11)3/h5,7-10H,4,6,13H2,1-3H3. The number of imidazole rings is 1. The lowest BCUT2D eigenvalue weighted by Gasteiger charge is -2.13. The number of hydrogen-bond acceptors (Lipinski definition) is 4. The van der Waals surface area contributed by atoms with E-state index in [-0.39, 0.29) is 6.04 Å². The van der Waals surface area contributed by atoms with Crippen LogP contribution in [0, 0.1) is 5.92 Å². The van der Waals surface area contributed by atoms with Crippen LogP contribution in [0.2, 0.25) is 0 Å². The van der Waals surface area contributed by atoms with E-state index < -0.39 is 0 Å². The second-order valence-corrected chi connectivity index (χ2v) is 4.99. The average molecular weight is 248 g/mol. The Kier molecular flexibility index (Phi) is 3.76. The fourth-order valence-corrected chi connectivity index (χ4v) is 1.97. The molecule has 2 N–H and O–H groups in total. The lowest BCUT2D eigenvalue weighted by Crippen LogP contribution is -2.20. The number of aromatic nitrogens is 5. The van der Waals surface area contributed by atoms with Crippen molar-refractivity contribution in [1.29, 1.82) is 0 Å². The SMILES string of the molecule is CC(C)Cn1ncnc1CC(N)c1cncn1C. The van der Waals surface area contributed by atoms with Crippen molar-refractivity contribution in [1.82, 2.24) is 24.3 Å². The van der Waals surface area contributed by atoms with Gasteiger partial charge in [-0.1, -0.05) is 13.8 Å². The highest BCUT2D eigenvalue weighted by Gasteiger charge is 2.15. The Morgan fingerprint density at radius 2 is 2.17 bits per heavy atom. The summed E-state index contributed by atoms with van der Waals surface area (Å²) in [5, 5.41) is 4.24. The minimum Gasteiger partial charge on any atom is -0.336 e.